The first kappa shape index (κ1) is 13.8. The van der Waals surface area contributed by atoms with E-state index in [1.807, 2.05) is 32.9 Å². The van der Waals surface area contributed by atoms with Gasteiger partial charge in [-0.25, -0.2) is 9.78 Å². The van der Waals surface area contributed by atoms with Gasteiger partial charge in [-0.05, 0) is 24.5 Å². The number of hydrogen-bond donors (Lipinski definition) is 1. The highest BCUT2D eigenvalue weighted by molar-refractivity contribution is 7.16. The van der Waals surface area contributed by atoms with Crippen LogP contribution in [0.15, 0.2) is 16.5 Å². The lowest BCUT2D eigenvalue weighted by molar-refractivity contribution is 0.0700. The van der Waals surface area contributed by atoms with Gasteiger partial charge >= 0.3 is 5.97 Å². The van der Waals surface area contributed by atoms with E-state index in [1.54, 1.807) is 0 Å². The average molecular weight is 279 g/mol. The van der Waals surface area contributed by atoms with Crippen LogP contribution in [0.4, 0.5) is 0 Å². The molecule has 0 aromatic carbocycles. The highest BCUT2D eigenvalue weighted by Crippen LogP contribution is 2.30. The molecule has 19 heavy (non-hydrogen) atoms. The highest BCUT2D eigenvalue weighted by Gasteiger charge is 2.20. The van der Waals surface area contributed by atoms with Crippen molar-refractivity contribution in [3.05, 3.63) is 28.5 Å². The average Bonchev–Trinajstić information content (AvgIpc) is 2.93. The number of rotatable bonds is 5. The third-order valence-electron chi connectivity index (χ3n) is 2.71. The molecular formula is C14H17NO3S. The minimum atomic E-state index is -0.915. The smallest absolute Gasteiger partial charge is 0.347 e. The fourth-order valence-corrected chi connectivity index (χ4v) is 2.73. The number of carbonyl (C=O) groups is 1. The van der Waals surface area contributed by atoms with E-state index in [4.69, 9.17) is 4.42 Å². The van der Waals surface area contributed by atoms with Gasteiger partial charge in [0.05, 0.1) is 5.69 Å². The maximum atomic E-state index is 11.2. The molecule has 0 saturated carbocycles. The summed E-state index contributed by atoms with van der Waals surface area (Å²) in [4.78, 5) is 16.0. The summed E-state index contributed by atoms with van der Waals surface area (Å²) in [5.41, 5.74) is 0.650. The molecule has 4 nitrogen and oxygen atoms in total. The van der Waals surface area contributed by atoms with Crippen molar-refractivity contribution in [2.75, 3.05) is 0 Å². The Morgan fingerprint density at radius 2 is 2.21 bits per heavy atom. The van der Waals surface area contributed by atoms with Crippen LogP contribution in [0, 0.1) is 5.92 Å². The molecule has 0 bridgehead atoms. The Balaban J connectivity index is 2.39. The quantitative estimate of drug-likeness (QED) is 0.902. The Hall–Kier alpha value is -1.62. The van der Waals surface area contributed by atoms with Gasteiger partial charge in [0, 0.05) is 6.42 Å². The summed E-state index contributed by atoms with van der Waals surface area (Å²) in [5, 5.41) is 9.88. The van der Waals surface area contributed by atoms with Gasteiger partial charge in [0.25, 0.3) is 0 Å². The van der Waals surface area contributed by atoms with Crippen LogP contribution in [0.25, 0.3) is 10.8 Å². The van der Waals surface area contributed by atoms with E-state index in [9.17, 15) is 9.90 Å². The number of thiazole rings is 1. The van der Waals surface area contributed by atoms with E-state index in [1.165, 1.54) is 11.3 Å². The van der Waals surface area contributed by atoms with Gasteiger partial charge in [0.2, 0.25) is 0 Å². The molecule has 102 valence electrons. The topological polar surface area (TPSA) is 63.3 Å². The molecule has 2 rings (SSSR count). The van der Waals surface area contributed by atoms with E-state index in [0.29, 0.717) is 33.7 Å². The molecule has 1 N–H and O–H groups in total. The molecule has 0 saturated heterocycles. The van der Waals surface area contributed by atoms with E-state index in [-0.39, 0.29) is 0 Å². The maximum absolute atomic E-state index is 11.2. The van der Waals surface area contributed by atoms with Crippen molar-refractivity contribution in [2.24, 2.45) is 5.92 Å². The van der Waals surface area contributed by atoms with E-state index in [2.05, 4.69) is 4.98 Å². The Labute approximate surface area is 116 Å². The third kappa shape index (κ3) is 3.04. The van der Waals surface area contributed by atoms with Crippen molar-refractivity contribution in [1.29, 1.82) is 0 Å². The fraction of sp³-hybridized carbons (Fsp3) is 0.429. The van der Waals surface area contributed by atoms with Crippen LogP contribution in [-0.2, 0) is 12.8 Å². The number of aryl methyl sites for hydroxylation is 1. The lowest BCUT2D eigenvalue weighted by Gasteiger charge is -2.01. The van der Waals surface area contributed by atoms with Gasteiger partial charge < -0.3 is 9.52 Å². The summed E-state index contributed by atoms with van der Waals surface area (Å²) in [6.45, 7) is 6.11. The summed E-state index contributed by atoms with van der Waals surface area (Å²) in [5.74, 6) is 0.990. The predicted octanol–water partition coefficient (Wildman–Crippen LogP) is 3.86. The summed E-state index contributed by atoms with van der Waals surface area (Å²) in [7, 11) is 0. The van der Waals surface area contributed by atoms with Gasteiger partial charge in [-0.1, -0.05) is 20.8 Å². The molecule has 0 aliphatic carbocycles. The fourth-order valence-electron chi connectivity index (χ4n) is 1.83. The maximum Gasteiger partial charge on any atom is 0.347 e. The largest absolute Gasteiger partial charge is 0.477 e. The van der Waals surface area contributed by atoms with Gasteiger partial charge in [-0.15, -0.1) is 11.3 Å². The van der Waals surface area contributed by atoms with Crippen molar-refractivity contribution in [2.45, 2.75) is 33.6 Å². The SMILES string of the molecule is CCc1ccc(-c2nc(CC(C)C)c(C(=O)O)s2)o1. The number of nitrogens with zero attached hydrogens (tertiary/aromatic N) is 1. The lowest BCUT2D eigenvalue weighted by atomic mass is 10.1. The first-order valence-corrected chi connectivity index (χ1v) is 7.15. The van der Waals surface area contributed by atoms with E-state index in [0.717, 1.165) is 12.2 Å². The zero-order valence-electron chi connectivity index (χ0n) is 11.3. The number of carboxylic acid groups (broad SMARTS) is 1. The van der Waals surface area contributed by atoms with Gasteiger partial charge in [-0.2, -0.15) is 0 Å². The van der Waals surface area contributed by atoms with E-state index >= 15 is 0 Å². The second-order valence-corrected chi connectivity index (χ2v) is 5.82. The molecule has 0 spiro atoms. The van der Waals surface area contributed by atoms with Crippen molar-refractivity contribution in [1.82, 2.24) is 4.98 Å². The monoisotopic (exact) mass is 279 g/mol. The van der Waals surface area contributed by atoms with Gasteiger partial charge in [0.15, 0.2) is 10.8 Å². The molecule has 0 unspecified atom stereocenters. The first-order valence-electron chi connectivity index (χ1n) is 6.33. The molecule has 0 aliphatic heterocycles. The molecule has 0 fully saturated rings. The Kier molecular flexibility index (Phi) is 4.04. The van der Waals surface area contributed by atoms with Crippen molar-refractivity contribution in [3.63, 3.8) is 0 Å². The summed E-state index contributed by atoms with van der Waals surface area (Å²) < 4.78 is 5.63. The number of aromatic carboxylic acids is 1. The zero-order valence-corrected chi connectivity index (χ0v) is 12.1. The lowest BCUT2D eigenvalue weighted by Crippen LogP contribution is -2.02. The summed E-state index contributed by atoms with van der Waals surface area (Å²) in [6, 6.07) is 3.75. The van der Waals surface area contributed by atoms with Crippen LogP contribution in [0.3, 0.4) is 0 Å². The zero-order chi connectivity index (χ0) is 14.0. The molecule has 2 heterocycles. The highest BCUT2D eigenvalue weighted by atomic mass is 32.1. The van der Waals surface area contributed by atoms with Crippen molar-refractivity contribution in [3.8, 4) is 10.8 Å². The van der Waals surface area contributed by atoms with Crippen LogP contribution in [0.5, 0.6) is 0 Å². The standard InChI is InChI=1S/C14H17NO3S/c1-4-9-5-6-11(18-9)13-15-10(7-8(2)3)12(19-13)14(16)17/h5-6,8H,4,7H2,1-3H3,(H,16,17). The van der Waals surface area contributed by atoms with Crippen LogP contribution >= 0.6 is 11.3 Å². The third-order valence-corrected chi connectivity index (χ3v) is 3.81. The molecular weight excluding hydrogens is 262 g/mol. The van der Waals surface area contributed by atoms with Gasteiger partial charge in [0.1, 0.15) is 10.6 Å². The number of aromatic nitrogens is 1. The minimum absolute atomic E-state index is 0.318. The predicted molar refractivity (Wildman–Crippen MR) is 74.7 cm³/mol. The Bertz CT molecular complexity index is 583. The number of hydrogen-bond acceptors (Lipinski definition) is 4. The normalized spacial score (nSPS) is 11.2. The Morgan fingerprint density at radius 3 is 2.74 bits per heavy atom. The Morgan fingerprint density at radius 1 is 1.47 bits per heavy atom. The number of furan rings is 1. The summed E-state index contributed by atoms with van der Waals surface area (Å²) >= 11 is 1.18. The molecule has 0 atom stereocenters. The molecule has 0 radical (unpaired) electrons. The molecule has 2 aromatic heterocycles. The van der Waals surface area contributed by atoms with Crippen molar-refractivity contribution < 1.29 is 14.3 Å². The van der Waals surface area contributed by atoms with Gasteiger partial charge in [-0.3, -0.25) is 0 Å². The molecule has 2 aromatic rings. The van der Waals surface area contributed by atoms with Crippen LogP contribution in [-0.4, -0.2) is 16.1 Å². The summed E-state index contributed by atoms with van der Waals surface area (Å²) in [6.07, 6.45) is 1.48. The molecule has 0 amide bonds. The second-order valence-electron chi connectivity index (χ2n) is 4.82. The van der Waals surface area contributed by atoms with Crippen molar-refractivity contribution >= 4 is 17.3 Å². The minimum Gasteiger partial charge on any atom is -0.477 e. The molecule has 0 aliphatic rings. The second kappa shape index (κ2) is 5.57. The van der Waals surface area contributed by atoms with E-state index < -0.39 is 5.97 Å². The van der Waals surface area contributed by atoms with Crippen LogP contribution < -0.4 is 0 Å². The van der Waals surface area contributed by atoms with Crippen LogP contribution in [0.1, 0.15) is 41.9 Å². The number of carboxylic acids is 1. The molecule has 5 heteroatoms. The van der Waals surface area contributed by atoms with Crippen LogP contribution in [0.2, 0.25) is 0 Å². The first-order chi connectivity index (χ1) is 9.01.